The Kier molecular flexibility index (Phi) is 6.28. The second-order valence-corrected chi connectivity index (χ2v) is 4.63. The van der Waals surface area contributed by atoms with Gasteiger partial charge in [-0.1, -0.05) is 6.92 Å². The first kappa shape index (κ1) is 13.9. The molecule has 0 aromatic rings. The SMILES string of the molecule is COCOCCC[C@@H]1C[C@@H](C)[C@H](C(C)O)O1. The molecule has 4 nitrogen and oxygen atoms in total. The Labute approximate surface area is 97.9 Å². The normalized spacial score (nSPS) is 31.9. The monoisotopic (exact) mass is 232 g/mol. The molecule has 1 heterocycles. The van der Waals surface area contributed by atoms with Gasteiger partial charge in [0.25, 0.3) is 0 Å². The molecule has 0 spiro atoms. The maximum atomic E-state index is 9.52. The Hall–Kier alpha value is -0.160. The summed E-state index contributed by atoms with van der Waals surface area (Å²) >= 11 is 0. The van der Waals surface area contributed by atoms with Crippen molar-refractivity contribution in [1.82, 2.24) is 0 Å². The van der Waals surface area contributed by atoms with E-state index in [4.69, 9.17) is 14.2 Å². The maximum Gasteiger partial charge on any atom is 0.146 e. The molecular weight excluding hydrogens is 208 g/mol. The third kappa shape index (κ3) is 4.37. The number of rotatable bonds is 7. The van der Waals surface area contributed by atoms with Crippen molar-refractivity contribution in [2.24, 2.45) is 5.92 Å². The standard InChI is InChI=1S/C12H24O4/c1-9-7-11(16-12(9)10(2)13)5-4-6-15-8-14-3/h9-13H,4-8H2,1-3H3/t9-,10?,11-,12-/m1/s1. The van der Waals surface area contributed by atoms with E-state index in [1.54, 1.807) is 14.0 Å². The van der Waals surface area contributed by atoms with E-state index in [9.17, 15) is 5.11 Å². The van der Waals surface area contributed by atoms with Crippen LogP contribution in [0.2, 0.25) is 0 Å². The Balaban J connectivity index is 2.11. The van der Waals surface area contributed by atoms with E-state index < -0.39 is 0 Å². The molecule has 0 aromatic heterocycles. The summed E-state index contributed by atoms with van der Waals surface area (Å²) < 4.78 is 15.8. The first-order valence-electron chi connectivity index (χ1n) is 6.05. The number of ether oxygens (including phenoxy) is 3. The van der Waals surface area contributed by atoms with Crippen LogP contribution in [0.3, 0.4) is 0 Å². The summed E-state index contributed by atoms with van der Waals surface area (Å²) in [7, 11) is 1.62. The van der Waals surface area contributed by atoms with Gasteiger partial charge in [0.05, 0.1) is 18.3 Å². The van der Waals surface area contributed by atoms with E-state index in [-0.39, 0.29) is 18.3 Å². The first-order chi connectivity index (χ1) is 7.65. The molecule has 0 radical (unpaired) electrons. The second-order valence-electron chi connectivity index (χ2n) is 4.63. The average Bonchev–Trinajstić information content (AvgIpc) is 2.59. The molecular formula is C12H24O4. The zero-order valence-electron chi connectivity index (χ0n) is 10.5. The summed E-state index contributed by atoms with van der Waals surface area (Å²) in [6.07, 6.45) is 2.93. The molecule has 0 amide bonds. The van der Waals surface area contributed by atoms with Gasteiger partial charge in [-0.25, -0.2) is 0 Å². The van der Waals surface area contributed by atoms with Crippen molar-refractivity contribution in [2.75, 3.05) is 20.5 Å². The van der Waals surface area contributed by atoms with Gasteiger partial charge in [-0.05, 0) is 32.1 Å². The molecule has 0 saturated carbocycles. The fourth-order valence-corrected chi connectivity index (χ4v) is 2.29. The Bertz CT molecular complexity index is 184. The van der Waals surface area contributed by atoms with Gasteiger partial charge in [0.1, 0.15) is 6.79 Å². The molecule has 1 fully saturated rings. The van der Waals surface area contributed by atoms with Crippen LogP contribution in [0.5, 0.6) is 0 Å². The average molecular weight is 232 g/mol. The largest absolute Gasteiger partial charge is 0.391 e. The minimum Gasteiger partial charge on any atom is -0.391 e. The highest BCUT2D eigenvalue weighted by Gasteiger charge is 2.34. The lowest BCUT2D eigenvalue weighted by molar-refractivity contribution is -0.0500. The Morgan fingerprint density at radius 2 is 2.25 bits per heavy atom. The summed E-state index contributed by atoms with van der Waals surface area (Å²) in [4.78, 5) is 0. The van der Waals surface area contributed by atoms with Crippen LogP contribution in [0.15, 0.2) is 0 Å². The van der Waals surface area contributed by atoms with E-state index >= 15 is 0 Å². The van der Waals surface area contributed by atoms with Gasteiger partial charge in [0.2, 0.25) is 0 Å². The van der Waals surface area contributed by atoms with Crippen LogP contribution >= 0.6 is 0 Å². The summed E-state index contributed by atoms with van der Waals surface area (Å²) in [6.45, 7) is 5.00. The van der Waals surface area contributed by atoms with Crippen molar-refractivity contribution < 1.29 is 19.3 Å². The lowest BCUT2D eigenvalue weighted by Gasteiger charge is -2.18. The van der Waals surface area contributed by atoms with E-state index in [0.717, 1.165) is 19.3 Å². The van der Waals surface area contributed by atoms with E-state index in [1.807, 2.05) is 0 Å². The first-order valence-corrected chi connectivity index (χ1v) is 6.05. The summed E-state index contributed by atoms with van der Waals surface area (Å²) in [5, 5.41) is 9.52. The van der Waals surface area contributed by atoms with Crippen LogP contribution in [0.25, 0.3) is 0 Å². The topological polar surface area (TPSA) is 47.9 Å². The minimum absolute atomic E-state index is 0.00453. The second kappa shape index (κ2) is 7.22. The van der Waals surface area contributed by atoms with Gasteiger partial charge in [-0.15, -0.1) is 0 Å². The van der Waals surface area contributed by atoms with Crippen LogP contribution in [0.4, 0.5) is 0 Å². The highest BCUT2D eigenvalue weighted by Crippen LogP contribution is 2.30. The van der Waals surface area contributed by atoms with Crippen LogP contribution in [0, 0.1) is 5.92 Å². The van der Waals surface area contributed by atoms with Crippen molar-refractivity contribution in [3.63, 3.8) is 0 Å². The molecule has 1 aliphatic rings. The molecule has 1 saturated heterocycles. The Morgan fingerprint density at radius 1 is 1.50 bits per heavy atom. The summed E-state index contributed by atoms with van der Waals surface area (Å²) in [6, 6.07) is 0. The van der Waals surface area contributed by atoms with Gasteiger partial charge >= 0.3 is 0 Å². The molecule has 1 rings (SSSR count). The van der Waals surface area contributed by atoms with Crippen molar-refractivity contribution in [1.29, 1.82) is 0 Å². The molecule has 4 atom stereocenters. The van der Waals surface area contributed by atoms with Crippen molar-refractivity contribution in [2.45, 2.75) is 51.4 Å². The zero-order valence-corrected chi connectivity index (χ0v) is 10.5. The molecule has 4 heteroatoms. The van der Waals surface area contributed by atoms with Crippen LogP contribution in [-0.2, 0) is 14.2 Å². The van der Waals surface area contributed by atoms with Crippen molar-refractivity contribution in [3.8, 4) is 0 Å². The molecule has 0 aliphatic carbocycles. The Morgan fingerprint density at radius 3 is 2.81 bits per heavy atom. The maximum absolute atomic E-state index is 9.52. The number of hydrogen-bond donors (Lipinski definition) is 1. The molecule has 16 heavy (non-hydrogen) atoms. The predicted molar refractivity (Wildman–Crippen MR) is 61.2 cm³/mol. The molecule has 96 valence electrons. The third-order valence-corrected chi connectivity index (χ3v) is 3.04. The summed E-state index contributed by atoms with van der Waals surface area (Å²) in [5.74, 6) is 0.449. The van der Waals surface area contributed by atoms with Crippen LogP contribution < -0.4 is 0 Å². The van der Waals surface area contributed by atoms with Gasteiger partial charge in [-0.2, -0.15) is 0 Å². The smallest absolute Gasteiger partial charge is 0.146 e. The predicted octanol–water partition coefficient (Wildman–Crippen LogP) is 1.56. The molecule has 1 aliphatic heterocycles. The molecule has 0 bridgehead atoms. The fourth-order valence-electron chi connectivity index (χ4n) is 2.29. The van der Waals surface area contributed by atoms with Crippen LogP contribution in [0.1, 0.15) is 33.1 Å². The lowest BCUT2D eigenvalue weighted by Crippen LogP contribution is -2.27. The van der Waals surface area contributed by atoms with Gasteiger partial charge in [0.15, 0.2) is 0 Å². The minimum atomic E-state index is -0.371. The zero-order chi connectivity index (χ0) is 12.0. The number of methoxy groups -OCH3 is 1. The van der Waals surface area contributed by atoms with Gasteiger partial charge in [-0.3, -0.25) is 0 Å². The molecule has 1 N–H and O–H groups in total. The fraction of sp³-hybridized carbons (Fsp3) is 1.00. The number of aliphatic hydroxyl groups is 1. The van der Waals surface area contributed by atoms with E-state index in [2.05, 4.69) is 6.92 Å². The number of aliphatic hydroxyl groups excluding tert-OH is 1. The quantitative estimate of drug-likeness (QED) is 0.534. The highest BCUT2D eigenvalue weighted by molar-refractivity contribution is 4.82. The van der Waals surface area contributed by atoms with E-state index in [1.165, 1.54) is 0 Å². The van der Waals surface area contributed by atoms with Crippen molar-refractivity contribution in [3.05, 3.63) is 0 Å². The summed E-state index contributed by atoms with van der Waals surface area (Å²) in [5.41, 5.74) is 0. The van der Waals surface area contributed by atoms with E-state index in [0.29, 0.717) is 19.3 Å². The van der Waals surface area contributed by atoms with Crippen LogP contribution in [-0.4, -0.2) is 43.9 Å². The van der Waals surface area contributed by atoms with Crippen molar-refractivity contribution >= 4 is 0 Å². The van der Waals surface area contributed by atoms with Gasteiger partial charge < -0.3 is 19.3 Å². The highest BCUT2D eigenvalue weighted by atomic mass is 16.7. The number of hydrogen-bond acceptors (Lipinski definition) is 4. The lowest BCUT2D eigenvalue weighted by atomic mass is 9.97. The molecule has 0 aromatic carbocycles. The molecule has 1 unspecified atom stereocenters. The third-order valence-electron chi connectivity index (χ3n) is 3.04. The van der Waals surface area contributed by atoms with Gasteiger partial charge in [0, 0.05) is 13.7 Å².